The summed E-state index contributed by atoms with van der Waals surface area (Å²) in [6.45, 7) is 3.28. The number of carbonyl (C=O) groups is 2. The molecule has 2 amide bonds. The maximum atomic E-state index is 13.5. The van der Waals surface area contributed by atoms with E-state index < -0.39 is 0 Å². The highest BCUT2D eigenvalue weighted by molar-refractivity contribution is 6.02. The summed E-state index contributed by atoms with van der Waals surface area (Å²) < 4.78 is 18.9. The van der Waals surface area contributed by atoms with E-state index in [4.69, 9.17) is 4.74 Å². The molecule has 8 heteroatoms. The van der Waals surface area contributed by atoms with Gasteiger partial charge >= 0.3 is 0 Å². The van der Waals surface area contributed by atoms with Gasteiger partial charge in [0.25, 0.3) is 5.91 Å². The van der Waals surface area contributed by atoms with Crippen molar-refractivity contribution in [3.05, 3.63) is 83.7 Å². The van der Waals surface area contributed by atoms with Crippen LogP contribution in [-0.4, -0.2) is 45.1 Å². The first-order valence-electron chi connectivity index (χ1n) is 14.1. The Morgan fingerprint density at radius 1 is 0.875 bits per heavy atom. The number of para-hydroxylation sites is 2. The molecule has 1 saturated carbocycles. The van der Waals surface area contributed by atoms with Gasteiger partial charge in [0.05, 0.1) is 18.4 Å². The van der Waals surface area contributed by atoms with Gasteiger partial charge in [-0.3, -0.25) is 9.59 Å². The smallest absolute Gasteiger partial charge is 0.253 e. The van der Waals surface area contributed by atoms with Gasteiger partial charge in [-0.05, 0) is 60.9 Å². The molecule has 5 rings (SSSR count). The van der Waals surface area contributed by atoms with Crippen LogP contribution in [0.4, 0.5) is 21.5 Å². The zero-order chi connectivity index (χ0) is 27.9. The lowest BCUT2D eigenvalue weighted by atomic mass is 9.88. The predicted molar refractivity (Wildman–Crippen MR) is 157 cm³/mol. The van der Waals surface area contributed by atoms with E-state index in [0.29, 0.717) is 11.3 Å². The molecule has 0 radical (unpaired) electrons. The molecule has 2 fully saturated rings. The topological polar surface area (TPSA) is 73.9 Å². The monoisotopic (exact) mass is 544 g/mol. The van der Waals surface area contributed by atoms with Gasteiger partial charge in [0.15, 0.2) is 0 Å². The Morgan fingerprint density at radius 3 is 2.25 bits per heavy atom. The lowest BCUT2D eigenvalue weighted by Gasteiger charge is -2.38. The van der Waals surface area contributed by atoms with Gasteiger partial charge in [0.1, 0.15) is 11.6 Å². The lowest BCUT2D eigenvalue weighted by molar-refractivity contribution is -0.120. The average molecular weight is 545 g/mol. The quantitative estimate of drug-likeness (QED) is 0.386. The third-order valence-corrected chi connectivity index (χ3v) is 7.90. The predicted octanol–water partition coefficient (Wildman–Crippen LogP) is 5.61. The van der Waals surface area contributed by atoms with Gasteiger partial charge in [0.2, 0.25) is 5.91 Å². The molecule has 0 unspecified atom stereocenters. The summed E-state index contributed by atoms with van der Waals surface area (Å²) >= 11 is 0. The van der Waals surface area contributed by atoms with Crippen molar-refractivity contribution in [3.8, 4) is 5.75 Å². The number of nitrogens with zero attached hydrogens (tertiary/aromatic N) is 2. The van der Waals surface area contributed by atoms with Gasteiger partial charge in [-0.1, -0.05) is 43.5 Å². The van der Waals surface area contributed by atoms with Crippen LogP contribution in [0.2, 0.25) is 0 Å². The Hall–Kier alpha value is -4.07. The molecular formula is C32H37FN4O3. The van der Waals surface area contributed by atoms with Crippen molar-refractivity contribution in [3.63, 3.8) is 0 Å². The van der Waals surface area contributed by atoms with Crippen LogP contribution in [0, 0.1) is 11.7 Å². The van der Waals surface area contributed by atoms with E-state index in [1.807, 2.05) is 30.3 Å². The molecule has 1 saturated heterocycles. The fraction of sp³-hybridized carbons (Fsp3) is 0.375. The van der Waals surface area contributed by atoms with E-state index in [-0.39, 0.29) is 30.1 Å². The zero-order valence-corrected chi connectivity index (χ0v) is 23.0. The molecule has 7 nitrogen and oxygen atoms in total. The number of methoxy groups -OCH3 is 1. The Balaban J connectivity index is 1.33. The average Bonchev–Trinajstić information content (AvgIpc) is 3.01. The van der Waals surface area contributed by atoms with E-state index in [2.05, 4.69) is 26.5 Å². The molecule has 1 heterocycles. The first kappa shape index (κ1) is 27.5. The highest BCUT2D eigenvalue weighted by Gasteiger charge is 2.25. The van der Waals surface area contributed by atoms with Gasteiger partial charge in [-0.15, -0.1) is 0 Å². The summed E-state index contributed by atoms with van der Waals surface area (Å²) in [7, 11) is 1.68. The highest BCUT2D eigenvalue weighted by atomic mass is 19.1. The Labute approximate surface area is 235 Å². The number of anilines is 3. The molecule has 3 aromatic rings. The van der Waals surface area contributed by atoms with Crippen molar-refractivity contribution in [1.82, 2.24) is 5.32 Å². The van der Waals surface area contributed by atoms with Gasteiger partial charge in [-0.2, -0.15) is 0 Å². The second kappa shape index (κ2) is 12.9. The second-order valence-electron chi connectivity index (χ2n) is 10.5. The molecule has 2 N–H and O–H groups in total. The number of rotatable bonds is 8. The van der Waals surface area contributed by atoms with Crippen LogP contribution >= 0.6 is 0 Å². The van der Waals surface area contributed by atoms with Crippen molar-refractivity contribution in [2.24, 2.45) is 5.92 Å². The summed E-state index contributed by atoms with van der Waals surface area (Å²) in [4.78, 5) is 30.9. The molecule has 0 bridgehead atoms. The molecule has 1 aliphatic heterocycles. The first-order chi connectivity index (χ1) is 19.5. The molecule has 0 atom stereocenters. The zero-order valence-electron chi connectivity index (χ0n) is 23.0. The molecule has 3 aromatic carbocycles. The van der Waals surface area contributed by atoms with Gasteiger partial charge in [0, 0.05) is 50.0 Å². The number of hydrogen-bond donors (Lipinski definition) is 2. The maximum absolute atomic E-state index is 13.5. The minimum absolute atomic E-state index is 0.0206. The molecular weight excluding hydrogens is 507 g/mol. The molecule has 2 aliphatic rings. The van der Waals surface area contributed by atoms with E-state index >= 15 is 0 Å². The fourth-order valence-electron chi connectivity index (χ4n) is 5.64. The van der Waals surface area contributed by atoms with E-state index in [0.717, 1.165) is 74.6 Å². The Morgan fingerprint density at radius 2 is 1.55 bits per heavy atom. The summed E-state index contributed by atoms with van der Waals surface area (Å²) in [5.41, 5.74) is 3.83. The van der Waals surface area contributed by atoms with Crippen LogP contribution in [0.5, 0.6) is 5.75 Å². The summed E-state index contributed by atoms with van der Waals surface area (Å²) in [5, 5.41) is 6.04. The van der Waals surface area contributed by atoms with Crippen LogP contribution in [0.25, 0.3) is 0 Å². The minimum Gasteiger partial charge on any atom is -0.495 e. The van der Waals surface area contributed by atoms with E-state index in [1.54, 1.807) is 25.3 Å². The lowest BCUT2D eigenvalue weighted by Crippen LogP contribution is -2.47. The maximum Gasteiger partial charge on any atom is 0.253 e. The van der Waals surface area contributed by atoms with Crippen LogP contribution in [0.1, 0.15) is 48.0 Å². The number of carbonyl (C=O) groups excluding carboxylic acids is 2. The van der Waals surface area contributed by atoms with Crippen LogP contribution in [0.3, 0.4) is 0 Å². The standard InChI is InChI=1S/C32H37FN4O3/c1-40-30-10-6-5-9-29(30)37-19-17-36(18-20-37)28-16-15-26(35-31(38)24-7-3-2-4-8-24)21-27(28)32(39)34-22-23-11-13-25(33)14-12-23/h5-6,9-16,21,24H,2-4,7-8,17-20,22H2,1H3,(H,34,39)(H,35,38). The number of nitrogens with one attached hydrogen (secondary N) is 2. The number of hydrogen-bond acceptors (Lipinski definition) is 5. The van der Waals surface area contributed by atoms with Gasteiger partial charge in [-0.25, -0.2) is 4.39 Å². The molecule has 0 spiro atoms. The molecule has 40 heavy (non-hydrogen) atoms. The molecule has 210 valence electrons. The van der Waals surface area contributed by atoms with Gasteiger partial charge < -0.3 is 25.2 Å². The largest absolute Gasteiger partial charge is 0.495 e. The van der Waals surface area contributed by atoms with E-state index in [9.17, 15) is 14.0 Å². The van der Waals surface area contributed by atoms with Crippen molar-refractivity contribution >= 4 is 28.9 Å². The summed E-state index contributed by atoms with van der Waals surface area (Å²) in [6, 6.07) is 19.7. The van der Waals surface area contributed by atoms with Crippen LogP contribution in [0.15, 0.2) is 66.7 Å². The Bertz CT molecular complexity index is 1320. The fourth-order valence-corrected chi connectivity index (χ4v) is 5.64. The number of piperazine rings is 1. The highest BCUT2D eigenvalue weighted by Crippen LogP contribution is 2.31. The van der Waals surface area contributed by atoms with Crippen molar-refractivity contribution in [1.29, 1.82) is 0 Å². The SMILES string of the molecule is COc1ccccc1N1CCN(c2ccc(NC(=O)C3CCCCC3)cc2C(=O)NCc2ccc(F)cc2)CC1. The molecule has 1 aliphatic carbocycles. The number of halogens is 1. The third kappa shape index (κ3) is 6.55. The second-order valence-corrected chi connectivity index (χ2v) is 10.5. The van der Waals surface area contributed by atoms with Crippen LogP contribution in [-0.2, 0) is 11.3 Å². The normalized spacial score (nSPS) is 15.9. The Kier molecular flexibility index (Phi) is 8.84. The summed E-state index contributed by atoms with van der Waals surface area (Å²) in [6.07, 6.45) is 5.15. The third-order valence-electron chi connectivity index (χ3n) is 7.90. The number of ether oxygens (including phenoxy) is 1. The minimum atomic E-state index is -0.314. The van der Waals surface area contributed by atoms with Crippen molar-refractivity contribution < 1.29 is 18.7 Å². The van der Waals surface area contributed by atoms with Crippen molar-refractivity contribution in [2.45, 2.75) is 38.6 Å². The number of benzene rings is 3. The number of amides is 2. The van der Waals surface area contributed by atoms with Crippen molar-refractivity contribution in [2.75, 3.05) is 48.4 Å². The first-order valence-corrected chi connectivity index (χ1v) is 14.1. The summed E-state index contributed by atoms with van der Waals surface area (Å²) in [5.74, 6) is 0.337. The van der Waals surface area contributed by atoms with Crippen LogP contribution < -0.4 is 25.2 Å². The van der Waals surface area contributed by atoms with E-state index in [1.165, 1.54) is 18.6 Å². The molecule has 0 aromatic heterocycles.